The normalized spacial score (nSPS) is 10.5. The van der Waals surface area contributed by atoms with Crippen LogP contribution in [0, 0.1) is 5.82 Å². The highest BCUT2D eigenvalue weighted by Gasteiger charge is 2.13. The first-order valence-corrected chi connectivity index (χ1v) is 5.73. The van der Waals surface area contributed by atoms with E-state index in [9.17, 15) is 9.18 Å². The lowest BCUT2D eigenvalue weighted by Crippen LogP contribution is -2.05. The zero-order chi connectivity index (χ0) is 12.6. The fraction of sp³-hybridized carbons (Fsp3) is 0. The standard InChI is InChI=1S/C11H6BrClFNO2/c12-6-3-10(11(16)17)15(5-6)7-1-2-8(13)9(14)4-7/h1-5H,(H,16,17). The molecule has 1 aromatic carbocycles. The van der Waals surface area contributed by atoms with E-state index in [0.29, 0.717) is 10.2 Å². The molecule has 1 aromatic heterocycles. The molecule has 88 valence electrons. The van der Waals surface area contributed by atoms with Gasteiger partial charge in [-0.3, -0.25) is 0 Å². The van der Waals surface area contributed by atoms with Crippen LogP contribution >= 0.6 is 27.5 Å². The average Bonchev–Trinajstić information content (AvgIpc) is 2.64. The van der Waals surface area contributed by atoms with E-state index in [2.05, 4.69) is 15.9 Å². The zero-order valence-corrected chi connectivity index (χ0v) is 10.7. The van der Waals surface area contributed by atoms with E-state index in [1.807, 2.05) is 0 Å². The molecule has 0 amide bonds. The molecule has 0 unspecified atom stereocenters. The smallest absolute Gasteiger partial charge is 0.352 e. The molecule has 0 aliphatic rings. The van der Waals surface area contributed by atoms with Crippen molar-refractivity contribution >= 4 is 33.5 Å². The van der Waals surface area contributed by atoms with Crippen LogP contribution in [0.5, 0.6) is 0 Å². The van der Waals surface area contributed by atoms with Gasteiger partial charge in [0.15, 0.2) is 0 Å². The molecule has 0 spiro atoms. The van der Waals surface area contributed by atoms with Crippen LogP contribution in [0.4, 0.5) is 4.39 Å². The zero-order valence-electron chi connectivity index (χ0n) is 8.32. The van der Waals surface area contributed by atoms with E-state index >= 15 is 0 Å². The maximum absolute atomic E-state index is 13.3. The largest absolute Gasteiger partial charge is 0.477 e. The number of hydrogen-bond acceptors (Lipinski definition) is 1. The summed E-state index contributed by atoms with van der Waals surface area (Å²) in [6.45, 7) is 0. The van der Waals surface area contributed by atoms with Gasteiger partial charge in [0.25, 0.3) is 0 Å². The Morgan fingerprint density at radius 2 is 2.12 bits per heavy atom. The highest BCUT2D eigenvalue weighted by atomic mass is 79.9. The van der Waals surface area contributed by atoms with Gasteiger partial charge in [-0.1, -0.05) is 11.6 Å². The van der Waals surface area contributed by atoms with Crippen molar-refractivity contribution in [3.05, 3.63) is 51.5 Å². The van der Waals surface area contributed by atoms with Crippen LogP contribution in [-0.4, -0.2) is 15.6 Å². The van der Waals surface area contributed by atoms with Crippen molar-refractivity contribution < 1.29 is 14.3 Å². The molecule has 17 heavy (non-hydrogen) atoms. The highest BCUT2D eigenvalue weighted by Crippen LogP contribution is 2.23. The molecular weight excluding hydrogens is 312 g/mol. The second-order valence-electron chi connectivity index (χ2n) is 3.32. The van der Waals surface area contributed by atoms with E-state index in [0.717, 1.165) is 0 Å². The molecule has 2 rings (SSSR count). The molecule has 6 heteroatoms. The predicted molar refractivity (Wildman–Crippen MR) is 65.4 cm³/mol. The van der Waals surface area contributed by atoms with Crippen LogP contribution in [0.15, 0.2) is 34.9 Å². The molecule has 0 fully saturated rings. The topological polar surface area (TPSA) is 42.2 Å². The van der Waals surface area contributed by atoms with Gasteiger partial charge in [0.05, 0.1) is 5.02 Å². The number of carboxylic acid groups (broad SMARTS) is 1. The summed E-state index contributed by atoms with van der Waals surface area (Å²) in [7, 11) is 0. The molecule has 0 saturated heterocycles. The van der Waals surface area contributed by atoms with Gasteiger partial charge in [0.1, 0.15) is 11.5 Å². The number of rotatable bonds is 2. The van der Waals surface area contributed by atoms with Crippen LogP contribution in [0.2, 0.25) is 5.02 Å². The molecule has 0 radical (unpaired) electrons. The molecule has 2 aromatic rings. The van der Waals surface area contributed by atoms with Crippen molar-refractivity contribution in [2.24, 2.45) is 0 Å². The van der Waals surface area contributed by atoms with Gasteiger partial charge < -0.3 is 9.67 Å². The summed E-state index contributed by atoms with van der Waals surface area (Å²) in [6, 6.07) is 5.55. The van der Waals surface area contributed by atoms with Gasteiger partial charge in [0, 0.05) is 16.4 Å². The van der Waals surface area contributed by atoms with Crippen molar-refractivity contribution in [2.45, 2.75) is 0 Å². The predicted octanol–water partition coefficient (Wildman–Crippen LogP) is 3.73. The number of carbonyl (C=O) groups is 1. The number of benzene rings is 1. The number of nitrogens with zero attached hydrogens (tertiary/aromatic N) is 1. The van der Waals surface area contributed by atoms with Crippen LogP contribution in [-0.2, 0) is 0 Å². The molecular formula is C11H6BrClFNO2. The monoisotopic (exact) mass is 317 g/mol. The fourth-order valence-electron chi connectivity index (χ4n) is 1.44. The third-order valence-electron chi connectivity index (χ3n) is 2.19. The first kappa shape index (κ1) is 12.1. The molecule has 0 aliphatic carbocycles. The number of halogens is 3. The second-order valence-corrected chi connectivity index (χ2v) is 4.64. The minimum absolute atomic E-state index is 0.00292. The third-order valence-corrected chi connectivity index (χ3v) is 2.93. The molecule has 0 saturated carbocycles. The maximum atomic E-state index is 13.3. The Labute approximate surface area is 110 Å². The Morgan fingerprint density at radius 1 is 1.41 bits per heavy atom. The van der Waals surface area contributed by atoms with Gasteiger partial charge in [-0.25, -0.2) is 9.18 Å². The summed E-state index contributed by atoms with van der Waals surface area (Å²) in [6.07, 6.45) is 1.55. The van der Waals surface area contributed by atoms with Crippen LogP contribution in [0.1, 0.15) is 10.5 Å². The minimum atomic E-state index is -1.09. The first-order valence-electron chi connectivity index (χ1n) is 4.55. The highest BCUT2D eigenvalue weighted by molar-refractivity contribution is 9.10. The Balaban J connectivity index is 2.59. The summed E-state index contributed by atoms with van der Waals surface area (Å²) in [4.78, 5) is 11.0. The average molecular weight is 319 g/mol. The maximum Gasteiger partial charge on any atom is 0.352 e. The number of aromatic carboxylic acids is 1. The Hall–Kier alpha value is -1.33. The number of hydrogen-bond donors (Lipinski definition) is 1. The van der Waals surface area contributed by atoms with E-state index in [1.54, 1.807) is 12.3 Å². The van der Waals surface area contributed by atoms with Gasteiger partial charge in [-0.15, -0.1) is 0 Å². The second kappa shape index (κ2) is 4.50. The molecule has 1 N–H and O–H groups in total. The lowest BCUT2D eigenvalue weighted by molar-refractivity contribution is 0.0688. The Morgan fingerprint density at radius 3 is 2.71 bits per heavy atom. The van der Waals surface area contributed by atoms with Crippen LogP contribution in [0.3, 0.4) is 0 Å². The van der Waals surface area contributed by atoms with Gasteiger partial charge in [-0.05, 0) is 40.2 Å². The first-order chi connectivity index (χ1) is 7.99. The van der Waals surface area contributed by atoms with Crippen LogP contribution < -0.4 is 0 Å². The van der Waals surface area contributed by atoms with E-state index < -0.39 is 11.8 Å². The molecule has 1 heterocycles. The van der Waals surface area contributed by atoms with Gasteiger partial charge >= 0.3 is 5.97 Å². The summed E-state index contributed by atoms with van der Waals surface area (Å²) >= 11 is 8.74. The number of aromatic nitrogens is 1. The number of carboxylic acids is 1. The molecule has 0 atom stereocenters. The van der Waals surface area contributed by atoms with Crippen LogP contribution in [0.25, 0.3) is 5.69 Å². The van der Waals surface area contributed by atoms with E-state index in [-0.39, 0.29) is 10.7 Å². The Bertz CT molecular complexity index is 597. The van der Waals surface area contributed by atoms with E-state index in [1.165, 1.54) is 22.8 Å². The summed E-state index contributed by atoms with van der Waals surface area (Å²) in [5.74, 6) is -1.68. The van der Waals surface area contributed by atoms with Crippen molar-refractivity contribution in [1.82, 2.24) is 4.57 Å². The van der Waals surface area contributed by atoms with Gasteiger partial charge in [0.2, 0.25) is 0 Å². The van der Waals surface area contributed by atoms with Crippen molar-refractivity contribution in [2.75, 3.05) is 0 Å². The summed E-state index contributed by atoms with van der Waals surface area (Å²) < 4.78 is 15.3. The third kappa shape index (κ3) is 2.35. The fourth-order valence-corrected chi connectivity index (χ4v) is 1.98. The molecule has 0 bridgehead atoms. The Kier molecular flexibility index (Phi) is 3.22. The lowest BCUT2D eigenvalue weighted by atomic mass is 10.3. The SMILES string of the molecule is O=C(O)c1cc(Br)cn1-c1ccc(Cl)c(F)c1. The minimum Gasteiger partial charge on any atom is -0.477 e. The quantitative estimate of drug-likeness (QED) is 0.916. The lowest BCUT2D eigenvalue weighted by Gasteiger charge is -2.06. The van der Waals surface area contributed by atoms with Crippen molar-refractivity contribution in [3.63, 3.8) is 0 Å². The molecule has 0 aliphatic heterocycles. The van der Waals surface area contributed by atoms with Gasteiger partial charge in [-0.2, -0.15) is 0 Å². The van der Waals surface area contributed by atoms with E-state index in [4.69, 9.17) is 16.7 Å². The van der Waals surface area contributed by atoms with Crippen molar-refractivity contribution in [1.29, 1.82) is 0 Å². The summed E-state index contributed by atoms with van der Waals surface area (Å²) in [5.41, 5.74) is 0.439. The molecule has 3 nitrogen and oxygen atoms in total. The van der Waals surface area contributed by atoms with Crippen molar-refractivity contribution in [3.8, 4) is 5.69 Å². The summed E-state index contributed by atoms with van der Waals surface area (Å²) in [5, 5.41) is 9.00.